The predicted molar refractivity (Wildman–Crippen MR) is 76.8 cm³/mol. The van der Waals surface area contributed by atoms with Crippen molar-refractivity contribution in [1.29, 1.82) is 0 Å². The fourth-order valence-corrected chi connectivity index (χ4v) is 2.38. The van der Waals surface area contributed by atoms with Crippen LogP contribution in [0.1, 0.15) is 35.0 Å². The van der Waals surface area contributed by atoms with Crippen molar-refractivity contribution in [3.8, 4) is 0 Å². The van der Waals surface area contributed by atoms with E-state index in [2.05, 4.69) is 17.2 Å². The maximum Gasteiger partial charge on any atom is 0.155 e. The zero-order chi connectivity index (χ0) is 13.7. The van der Waals surface area contributed by atoms with Gasteiger partial charge in [-0.05, 0) is 24.8 Å². The summed E-state index contributed by atoms with van der Waals surface area (Å²) >= 11 is 6.16. The SMILES string of the molecule is CCc1nn(CCCc2ccccc2)c(Cl)c1C=O. The fraction of sp³-hybridized carbons (Fsp3) is 0.333. The van der Waals surface area contributed by atoms with Crippen LogP contribution < -0.4 is 0 Å². The average Bonchev–Trinajstić information content (AvgIpc) is 2.76. The number of carbonyl (C=O) groups excluding carboxylic acids is 1. The Morgan fingerprint density at radius 2 is 2.05 bits per heavy atom. The van der Waals surface area contributed by atoms with Crippen molar-refractivity contribution in [1.82, 2.24) is 9.78 Å². The van der Waals surface area contributed by atoms with E-state index in [9.17, 15) is 4.79 Å². The number of carbonyl (C=O) groups is 1. The highest BCUT2D eigenvalue weighted by Gasteiger charge is 2.13. The van der Waals surface area contributed by atoms with Gasteiger partial charge in [-0.1, -0.05) is 48.9 Å². The molecule has 0 aliphatic heterocycles. The molecule has 3 nitrogen and oxygen atoms in total. The molecule has 0 bridgehead atoms. The number of hydrogen-bond donors (Lipinski definition) is 0. The number of rotatable bonds is 6. The molecule has 0 spiro atoms. The summed E-state index contributed by atoms with van der Waals surface area (Å²) in [5.41, 5.74) is 2.61. The highest BCUT2D eigenvalue weighted by atomic mass is 35.5. The van der Waals surface area contributed by atoms with E-state index in [4.69, 9.17) is 11.6 Å². The smallest absolute Gasteiger partial charge is 0.155 e. The molecule has 0 atom stereocenters. The molecule has 0 radical (unpaired) electrons. The highest BCUT2D eigenvalue weighted by molar-refractivity contribution is 6.32. The lowest BCUT2D eigenvalue weighted by atomic mass is 10.1. The summed E-state index contributed by atoms with van der Waals surface area (Å²) < 4.78 is 1.73. The summed E-state index contributed by atoms with van der Waals surface area (Å²) in [4.78, 5) is 11.0. The second-order valence-electron chi connectivity index (χ2n) is 4.43. The Morgan fingerprint density at radius 1 is 1.32 bits per heavy atom. The van der Waals surface area contributed by atoms with Gasteiger partial charge in [0.1, 0.15) is 5.15 Å². The van der Waals surface area contributed by atoms with Gasteiger partial charge in [0.15, 0.2) is 6.29 Å². The zero-order valence-corrected chi connectivity index (χ0v) is 11.7. The van der Waals surface area contributed by atoms with Gasteiger partial charge in [0.2, 0.25) is 0 Å². The molecule has 0 saturated carbocycles. The Bertz CT molecular complexity index is 549. The molecule has 1 heterocycles. The van der Waals surface area contributed by atoms with Gasteiger partial charge in [-0.15, -0.1) is 0 Å². The van der Waals surface area contributed by atoms with Gasteiger partial charge in [0.05, 0.1) is 11.3 Å². The maximum absolute atomic E-state index is 11.0. The average molecular weight is 277 g/mol. The molecule has 1 aromatic heterocycles. The van der Waals surface area contributed by atoms with Crippen molar-refractivity contribution in [3.05, 3.63) is 52.3 Å². The summed E-state index contributed by atoms with van der Waals surface area (Å²) in [6.07, 6.45) is 3.45. The zero-order valence-electron chi connectivity index (χ0n) is 11.0. The van der Waals surface area contributed by atoms with Gasteiger partial charge in [-0.3, -0.25) is 9.48 Å². The van der Waals surface area contributed by atoms with Crippen molar-refractivity contribution in [3.63, 3.8) is 0 Å². The minimum Gasteiger partial charge on any atom is -0.298 e. The number of aromatic nitrogens is 2. The number of benzene rings is 1. The summed E-state index contributed by atoms with van der Waals surface area (Å²) in [7, 11) is 0. The van der Waals surface area contributed by atoms with E-state index >= 15 is 0 Å². The second-order valence-corrected chi connectivity index (χ2v) is 4.79. The molecule has 2 aromatic rings. The summed E-state index contributed by atoms with van der Waals surface area (Å²) in [6.45, 7) is 2.70. The van der Waals surface area contributed by atoms with Gasteiger partial charge in [-0.2, -0.15) is 5.10 Å². The van der Waals surface area contributed by atoms with Crippen LogP contribution in [0, 0.1) is 0 Å². The third kappa shape index (κ3) is 3.24. The van der Waals surface area contributed by atoms with Crippen LogP contribution in [0.15, 0.2) is 30.3 Å². The van der Waals surface area contributed by atoms with E-state index in [1.807, 2.05) is 25.1 Å². The Balaban J connectivity index is 2.00. The first kappa shape index (κ1) is 13.8. The number of aryl methyl sites for hydroxylation is 3. The van der Waals surface area contributed by atoms with Crippen LogP contribution in [0.25, 0.3) is 0 Å². The van der Waals surface area contributed by atoms with Crippen LogP contribution >= 0.6 is 11.6 Å². The normalized spacial score (nSPS) is 10.6. The summed E-state index contributed by atoms with van der Waals surface area (Å²) in [5.74, 6) is 0. The fourth-order valence-electron chi connectivity index (χ4n) is 2.11. The molecule has 0 amide bonds. The third-order valence-electron chi connectivity index (χ3n) is 3.13. The number of aldehydes is 1. The standard InChI is InChI=1S/C15H17ClN2O/c1-2-14-13(11-19)15(16)18(17-14)10-6-9-12-7-4-3-5-8-12/h3-5,7-8,11H,2,6,9-10H2,1H3. The van der Waals surface area contributed by atoms with Crippen LogP contribution in [0.5, 0.6) is 0 Å². The first-order chi connectivity index (χ1) is 9.26. The van der Waals surface area contributed by atoms with Gasteiger partial charge in [0.25, 0.3) is 0 Å². The Kier molecular flexibility index (Phi) is 4.74. The predicted octanol–water partition coefficient (Wildman–Crippen LogP) is 3.54. The lowest BCUT2D eigenvalue weighted by molar-refractivity contribution is 0.112. The van der Waals surface area contributed by atoms with Crippen LogP contribution in [0.4, 0.5) is 0 Å². The topological polar surface area (TPSA) is 34.9 Å². The van der Waals surface area contributed by atoms with Gasteiger partial charge in [0, 0.05) is 6.54 Å². The maximum atomic E-state index is 11.0. The summed E-state index contributed by atoms with van der Waals surface area (Å²) in [6, 6.07) is 10.3. The number of hydrogen-bond acceptors (Lipinski definition) is 2. The van der Waals surface area contributed by atoms with Crippen molar-refractivity contribution in [2.75, 3.05) is 0 Å². The van der Waals surface area contributed by atoms with Crippen molar-refractivity contribution >= 4 is 17.9 Å². The largest absolute Gasteiger partial charge is 0.298 e. The van der Waals surface area contributed by atoms with E-state index < -0.39 is 0 Å². The molecule has 0 aliphatic rings. The van der Waals surface area contributed by atoms with Gasteiger partial charge in [-0.25, -0.2) is 0 Å². The monoisotopic (exact) mass is 276 g/mol. The Labute approximate surface area is 118 Å². The van der Waals surface area contributed by atoms with E-state index in [-0.39, 0.29) is 0 Å². The Hall–Kier alpha value is -1.61. The molecule has 100 valence electrons. The molecule has 0 N–H and O–H groups in total. The lowest BCUT2D eigenvalue weighted by Crippen LogP contribution is -2.02. The molecule has 2 rings (SSSR count). The Morgan fingerprint density at radius 3 is 2.63 bits per heavy atom. The molecule has 1 aromatic carbocycles. The number of nitrogens with zero attached hydrogens (tertiary/aromatic N) is 2. The quantitative estimate of drug-likeness (QED) is 0.757. The van der Waals surface area contributed by atoms with E-state index in [0.29, 0.717) is 10.7 Å². The first-order valence-corrected chi connectivity index (χ1v) is 6.88. The molecule has 0 aliphatic carbocycles. The van der Waals surface area contributed by atoms with Crippen LogP contribution in [-0.4, -0.2) is 16.1 Å². The van der Waals surface area contributed by atoms with Crippen molar-refractivity contribution in [2.24, 2.45) is 0 Å². The van der Waals surface area contributed by atoms with Crippen molar-refractivity contribution in [2.45, 2.75) is 32.7 Å². The number of halogens is 1. The third-order valence-corrected chi connectivity index (χ3v) is 3.53. The van der Waals surface area contributed by atoms with E-state index in [0.717, 1.165) is 37.8 Å². The minimum absolute atomic E-state index is 0.458. The van der Waals surface area contributed by atoms with Crippen LogP contribution in [0.2, 0.25) is 5.15 Å². The van der Waals surface area contributed by atoms with E-state index in [1.165, 1.54) is 5.56 Å². The first-order valence-electron chi connectivity index (χ1n) is 6.50. The molecular formula is C15H17ClN2O. The van der Waals surface area contributed by atoms with Gasteiger partial charge < -0.3 is 0 Å². The minimum atomic E-state index is 0.458. The van der Waals surface area contributed by atoms with E-state index in [1.54, 1.807) is 4.68 Å². The van der Waals surface area contributed by atoms with Gasteiger partial charge >= 0.3 is 0 Å². The van der Waals surface area contributed by atoms with Crippen molar-refractivity contribution < 1.29 is 4.79 Å². The van der Waals surface area contributed by atoms with Crippen LogP contribution in [0.3, 0.4) is 0 Å². The van der Waals surface area contributed by atoms with Crippen LogP contribution in [-0.2, 0) is 19.4 Å². The molecule has 0 unspecified atom stereocenters. The molecule has 0 saturated heterocycles. The molecular weight excluding hydrogens is 260 g/mol. The second kappa shape index (κ2) is 6.53. The highest BCUT2D eigenvalue weighted by Crippen LogP contribution is 2.19. The lowest BCUT2D eigenvalue weighted by Gasteiger charge is -2.03. The molecule has 19 heavy (non-hydrogen) atoms. The summed E-state index contributed by atoms with van der Waals surface area (Å²) in [5, 5.41) is 4.84. The molecule has 4 heteroatoms. The molecule has 0 fully saturated rings.